The summed E-state index contributed by atoms with van der Waals surface area (Å²) < 4.78 is 0. The Balaban J connectivity index is 1.87. The van der Waals surface area contributed by atoms with E-state index < -0.39 is 4.92 Å². The molecule has 0 aliphatic rings. The minimum atomic E-state index is -0.492. The fourth-order valence-electron chi connectivity index (χ4n) is 1.63. The monoisotopic (exact) mass is 315 g/mol. The third-order valence-corrected chi connectivity index (χ3v) is 3.65. The van der Waals surface area contributed by atoms with Crippen LogP contribution in [-0.2, 0) is 4.79 Å². The molecule has 0 atom stereocenters. The summed E-state index contributed by atoms with van der Waals surface area (Å²) in [5, 5.41) is 14.6. The van der Waals surface area contributed by atoms with Crippen LogP contribution >= 0.6 is 11.8 Å². The number of nitro benzene ring substituents is 1. The summed E-state index contributed by atoms with van der Waals surface area (Å²) in [6.45, 7) is 0. The number of amides is 1. The van der Waals surface area contributed by atoms with Crippen LogP contribution in [0, 0.1) is 10.1 Å². The Labute approximate surface area is 131 Å². The molecular formula is C15H13N3O3S. The van der Waals surface area contributed by atoms with Crippen LogP contribution in [0.4, 0.5) is 5.69 Å². The fraction of sp³-hybridized carbons (Fsp3) is 0.0667. The van der Waals surface area contributed by atoms with Gasteiger partial charge in [-0.1, -0.05) is 30.3 Å². The van der Waals surface area contributed by atoms with E-state index >= 15 is 0 Å². The Kier molecular flexibility index (Phi) is 5.67. The molecule has 0 spiro atoms. The molecule has 0 bridgehead atoms. The molecule has 1 amide bonds. The van der Waals surface area contributed by atoms with Crippen LogP contribution in [0.5, 0.6) is 0 Å². The third kappa shape index (κ3) is 4.71. The van der Waals surface area contributed by atoms with Crippen molar-refractivity contribution in [2.45, 2.75) is 4.90 Å². The zero-order valence-electron chi connectivity index (χ0n) is 11.5. The van der Waals surface area contributed by atoms with Gasteiger partial charge in [0.25, 0.3) is 5.69 Å². The van der Waals surface area contributed by atoms with Gasteiger partial charge in [-0.05, 0) is 18.2 Å². The molecule has 2 aromatic rings. The number of carbonyl (C=O) groups excluding carboxylic acids is 1. The Bertz CT molecular complexity index is 689. The molecule has 1 N–H and O–H groups in total. The lowest BCUT2D eigenvalue weighted by Crippen LogP contribution is -2.19. The second kappa shape index (κ2) is 7.94. The van der Waals surface area contributed by atoms with Gasteiger partial charge in [0, 0.05) is 11.0 Å². The van der Waals surface area contributed by atoms with E-state index in [0.717, 1.165) is 4.90 Å². The van der Waals surface area contributed by atoms with Crippen LogP contribution in [0.1, 0.15) is 5.56 Å². The van der Waals surface area contributed by atoms with E-state index in [2.05, 4.69) is 10.5 Å². The zero-order valence-corrected chi connectivity index (χ0v) is 12.3. The van der Waals surface area contributed by atoms with E-state index in [9.17, 15) is 14.9 Å². The molecule has 22 heavy (non-hydrogen) atoms. The highest BCUT2D eigenvalue weighted by atomic mass is 32.2. The van der Waals surface area contributed by atoms with Crippen molar-refractivity contribution in [3.63, 3.8) is 0 Å². The third-order valence-electron chi connectivity index (χ3n) is 2.64. The normalized spacial score (nSPS) is 10.5. The van der Waals surface area contributed by atoms with E-state index in [4.69, 9.17) is 0 Å². The molecule has 0 fully saturated rings. The predicted octanol–water partition coefficient (Wildman–Crippen LogP) is 2.84. The van der Waals surface area contributed by atoms with E-state index in [-0.39, 0.29) is 17.3 Å². The molecule has 112 valence electrons. The van der Waals surface area contributed by atoms with Gasteiger partial charge in [-0.25, -0.2) is 5.43 Å². The first-order chi connectivity index (χ1) is 10.7. The second-order valence-electron chi connectivity index (χ2n) is 4.21. The summed E-state index contributed by atoms with van der Waals surface area (Å²) in [5.41, 5.74) is 2.63. The quantitative estimate of drug-likeness (QED) is 0.384. The largest absolute Gasteiger partial charge is 0.278 e. The van der Waals surface area contributed by atoms with E-state index in [1.165, 1.54) is 24.0 Å². The first-order valence-electron chi connectivity index (χ1n) is 6.40. The number of thioether (sulfide) groups is 1. The standard InChI is InChI=1S/C15H13N3O3S/c19-15(11-22-13-7-2-1-3-8-13)17-16-10-12-6-4-5-9-14(12)18(20)21/h1-10H,11H2,(H,17,19)/b16-10-. The molecular weight excluding hydrogens is 302 g/mol. The lowest BCUT2D eigenvalue weighted by atomic mass is 10.2. The summed E-state index contributed by atoms with van der Waals surface area (Å²) >= 11 is 1.39. The van der Waals surface area contributed by atoms with Crippen LogP contribution in [0.25, 0.3) is 0 Å². The summed E-state index contributed by atoms with van der Waals surface area (Å²) in [7, 11) is 0. The highest BCUT2D eigenvalue weighted by Gasteiger charge is 2.10. The maximum absolute atomic E-state index is 11.6. The molecule has 2 rings (SSSR count). The fourth-order valence-corrected chi connectivity index (χ4v) is 2.35. The highest BCUT2D eigenvalue weighted by Crippen LogP contribution is 2.16. The first kappa shape index (κ1) is 15.7. The Morgan fingerprint density at radius 3 is 2.59 bits per heavy atom. The van der Waals surface area contributed by atoms with Gasteiger partial charge in [-0.2, -0.15) is 5.10 Å². The van der Waals surface area contributed by atoms with E-state index in [0.29, 0.717) is 5.56 Å². The van der Waals surface area contributed by atoms with Gasteiger partial charge in [-0.15, -0.1) is 11.8 Å². The van der Waals surface area contributed by atoms with Crippen LogP contribution in [0.15, 0.2) is 64.6 Å². The van der Waals surface area contributed by atoms with E-state index in [1.807, 2.05) is 30.3 Å². The summed E-state index contributed by atoms with van der Waals surface area (Å²) in [6.07, 6.45) is 1.27. The van der Waals surface area contributed by atoms with Crippen molar-refractivity contribution in [1.82, 2.24) is 5.43 Å². The molecule has 0 aliphatic heterocycles. The van der Waals surface area contributed by atoms with Crippen LogP contribution in [-0.4, -0.2) is 22.8 Å². The molecule has 0 radical (unpaired) electrons. The van der Waals surface area contributed by atoms with Gasteiger partial charge in [0.15, 0.2) is 0 Å². The number of carbonyl (C=O) groups is 1. The van der Waals surface area contributed by atoms with Crippen molar-refractivity contribution in [1.29, 1.82) is 0 Å². The van der Waals surface area contributed by atoms with Gasteiger partial charge in [-0.3, -0.25) is 14.9 Å². The van der Waals surface area contributed by atoms with Gasteiger partial charge in [0.1, 0.15) is 0 Å². The van der Waals surface area contributed by atoms with Crippen LogP contribution in [0.3, 0.4) is 0 Å². The number of hydrogen-bond acceptors (Lipinski definition) is 5. The smallest absolute Gasteiger partial charge is 0.272 e. The lowest BCUT2D eigenvalue weighted by molar-refractivity contribution is -0.385. The van der Waals surface area contributed by atoms with Gasteiger partial charge in [0.2, 0.25) is 5.91 Å². The SMILES string of the molecule is O=C(CSc1ccccc1)N/N=C\c1ccccc1[N+](=O)[O-]. The van der Waals surface area contributed by atoms with Crippen molar-refractivity contribution in [2.75, 3.05) is 5.75 Å². The predicted molar refractivity (Wildman–Crippen MR) is 86.0 cm³/mol. The number of rotatable bonds is 6. The number of hydrazone groups is 1. The summed E-state index contributed by atoms with van der Waals surface area (Å²) in [5.74, 6) is -0.0539. The van der Waals surface area contributed by atoms with E-state index in [1.54, 1.807) is 18.2 Å². The molecule has 0 aromatic heterocycles. The Morgan fingerprint density at radius 1 is 1.18 bits per heavy atom. The number of para-hydroxylation sites is 1. The van der Waals surface area contributed by atoms with Crippen molar-refractivity contribution >= 4 is 29.6 Å². The first-order valence-corrected chi connectivity index (χ1v) is 7.38. The second-order valence-corrected chi connectivity index (χ2v) is 5.26. The average Bonchev–Trinajstić information content (AvgIpc) is 2.54. The minimum Gasteiger partial charge on any atom is -0.272 e. The maximum Gasteiger partial charge on any atom is 0.278 e. The molecule has 6 nitrogen and oxygen atoms in total. The van der Waals surface area contributed by atoms with Crippen molar-refractivity contribution in [3.8, 4) is 0 Å². The topological polar surface area (TPSA) is 84.6 Å². The number of benzene rings is 2. The van der Waals surface area contributed by atoms with Crippen molar-refractivity contribution < 1.29 is 9.72 Å². The number of nitrogens with zero attached hydrogens (tertiary/aromatic N) is 2. The zero-order chi connectivity index (χ0) is 15.8. The van der Waals surface area contributed by atoms with Crippen molar-refractivity contribution in [3.05, 3.63) is 70.3 Å². The van der Waals surface area contributed by atoms with Crippen LogP contribution in [0.2, 0.25) is 0 Å². The Hall–Kier alpha value is -2.67. The molecule has 0 heterocycles. The number of nitro groups is 1. The molecule has 7 heteroatoms. The Morgan fingerprint density at radius 2 is 1.86 bits per heavy atom. The molecule has 0 aliphatic carbocycles. The van der Waals surface area contributed by atoms with Crippen LogP contribution < -0.4 is 5.43 Å². The molecule has 0 saturated carbocycles. The van der Waals surface area contributed by atoms with Gasteiger partial charge >= 0.3 is 0 Å². The maximum atomic E-state index is 11.6. The molecule has 0 saturated heterocycles. The molecule has 2 aromatic carbocycles. The minimum absolute atomic E-state index is 0.0563. The molecule has 0 unspecified atom stereocenters. The van der Waals surface area contributed by atoms with Gasteiger partial charge < -0.3 is 0 Å². The number of hydrogen-bond donors (Lipinski definition) is 1. The van der Waals surface area contributed by atoms with Gasteiger partial charge in [0.05, 0.1) is 22.5 Å². The average molecular weight is 315 g/mol. The summed E-state index contributed by atoms with van der Waals surface area (Å²) in [4.78, 5) is 23.0. The van der Waals surface area contributed by atoms with Crippen molar-refractivity contribution in [2.24, 2.45) is 5.10 Å². The lowest BCUT2D eigenvalue weighted by Gasteiger charge is -2.00. The number of nitrogens with one attached hydrogen (secondary N) is 1. The highest BCUT2D eigenvalue weighted by molar-refractivity contribution is 8.00. The summed E-state index contributed by atoms with van der Waals surface area (Å²) in [6, 6.07) is 15.7.